The van der Waals surface area contributed by atoms with Gasteiger partial charge < -0.3 is 4.57 Å². The molecule has 0 bridgehead atoms. The molecule has 2 aromatic heterocycles. The van der Waals surface area contributed by atoms with Gasteiger partial charge in [0.15, 0.2) is 0 Å². The molecule has 0 saturated carbocycles. The SMILES string of the molecule is Fc1cncc(Cn2ccc3ccc(Br)cc32)c1. The van der Waals surface area contributed by atoms with Crippen molar-refractivity contribution in [1.29, 1.82) is 0 Å². The number of hydrogen-bond acceptors (Lipinski definition) is 1. The fourth-order valence-electron chi connectivity index (χ4n) is 2.03. The molecule has 0 radical (unpaired) electrons. The summed E-state index contributed by atoms with van der Waals surface area (Å²) in [5.74, 6) is -0.301. The molecule has 0 saturated heterocycles. The summed E-state index contributed by atoms with van der Waals surface area (Å²) in [6, 6.07) is 9.68. The maximum absolute atomic E-state index is 13.1. The first-order chi connectivity index (χ1) is 8.72. The second kappa shape index (κ2) is 4.53. The summed E-state index contributed by atoms with van der Waals surface area (Å²) in [5.41, 5.74) is 1.97. The molecule has 0 unspecified atom stereocenters. The Balaban J connectivity index is 2.02. The van der Waals surface area contributed by atoms with E-state index in [0.29, 0.717) is 6.54 Å². The average molecular weight is 305 g/mol. The zero-order valence-corrected chi connectivity index (χ0v) is 11.1. The van der Waals surface area contributed by atoms with Gasteiger partial charge in [-0.3, -0.25) is 4.98 Å². The van der Waals surface area contributed by atoms with E-state index in [1.54, 1.807) is 6.20 Å². The number of halogens is 2. The van der Waals surface area contributed by atoms with Gasteiger partial charge in [-0.25, -0.2) is 4.39 Å². The highest BCUT2D eigenvalue weighted by molar-refractivity contribution is 9.10. The molecule has 0 aliphatic heterocycles. The van der Waals surface area contributed by atoms with Crippen LogP contribution in [0.2, 0.25) is 0 Å². The fourth-order valence-corrected chi connectivity index (χ4v) is 2.38. The van der Waals surface area contributed by atoms with E-state index in [4.69, 9.17) is 0 Å². The van der Waals surface area contributed by atoms with Gasteiger partial charge in [-0.1, -0.05) is 22.0 Å². The van der Waals surface area contributed by atoms with Gasteiger partial charge in [0.25, 0.3) is 0 Å². The van der Waals surface area contributed by atoms with Crippen LogP contribution in [0.3, 0.4) is 0 Å². The number of fused-ring (bicyclic) bond motifs is 1. The van der Waals surface area contributed by atoms with Gasteiger partial charge in [-0.2, -0.15) is 0 Å². The van der Waals surface area contributed by atoms with Crippen LogP contribution in [0.4, 0.5) is 4.39 Å². The van der Waals surface area contributed by atoms with Crippen molar-refractivity contribution in [3.8, 4) is 0 Å². The summed E-state index contributed by atoms with van der Waals surface area (Å²) >= 11 is 3.46. The molecule has 0 atom stereocenters. The van der Waals surface area contributed by atoms with E-state index in [1.165, 1.54) is 17.6 Å². The molecule has 4 heteroatoms. The third-order valence-corrected chi connectivity index (χ3v) is 3.34. The molecule has 0 aliphatic rings. The summed E-state index contributed by atoms with van der Waals surface area (Å²) in [7, 11) is 0. The maximum Gasteiger partial charge on any atom is 0.141 e. The predicted octanol–water partition coefficient (Wildman–Crippen LogP) is 3.99. The maximum atomic E-state index is 13.1. The van der Waals surface area contributed by atoms with Crippen molar-refractivity contribution < 1.29 is 4.39 Å². The van der Waals surface area contributed by atoms with Crippen molar-refractivity contribution in [1.82, 2.24) is 9.55 Å². The summed E-state index contributed by atoms with van der Waals surface area (Å²) in [5, 5.41) is 1.17. The van der Waals surface area contributed by atoms with Crippen molar-refractivity contribution in [2.45, 2.75) is 6.54 Å². The van der Waals surface area contributed by atoms with Crippen LogP contribution in [0, 0.1) is 5.82 Å². The van der Waals surface area contributed by atoms with Crippen molar-refractivity contribution >= 4 is 26.8 Å². The quantitative estimate of drug-likeness (QED) is 0.700. The van der Waals surface area contributed by atoms with Gasteiger partial charge >= 0.3 is 0 Å². The van der Waals surface area contributed by atoms with E-state index in [9.17, 15) is 4.39 Å². The number of benzene rings is 1. The first-order valence-electron chi connectivity index (χ1n) is 5.56. The van der Waals surface area contributed by atoms with Gasteiger partial charge in [0.05, 0.1) is 6.20 Å². The zero-order valence-electron chi connectivity index (χ0n) is 9.48. The molecule has 0 spiro atoms. The fraction of sp³-hybridized carbons (Fsp3) is 0.0714. The van der Waals surface area contributed by atoms with Gasteiger partial charge in [0.1, 0.15) is 5.82 Å². The minimum absolute atomic E-state index is 0.301. The van der Waals surface area contributed by atoms with Crippen molar-refractivity contribution in [2.24, 2.45) is 0 Å². The van der Waals surface area contributed by atoms with Gasteiger partial charge in [0, 0.05) is 28.9 Å². The van der Waals surface area contributed by atoms with Crippen LogP contribution in [-0.2, 0) is 6.54 Å². The molecule has 0 amide bonds. The summed E-state index contributed by atoms with van der Waals surface area (Å²) in [4.78, 5) is 3.86. The van der Waals surface area contributed by atoms with E-state index >= 15 is 0 Å². The van der Waals surface area contributed by atoms with Crippen LogP contribution in [0.25, 0.3) is 10.9 Å². The largest absolute Gasteiger partial charge is 0.343 e. The van der Waals surface area contributed by atoms with Crippen molar-refractivity contribution in [3.05, 3.63) is 64.8 Å². The molecule has 2 heterocycles. The van der Waals surface area contributed by atoms with Gasteiger partial charge in [-0.05, 0) is 35.2 Å². The Labute approximate surface area is 112 Å². The van der Waals surface area contributed by atoms with Crippen LogP contribution in [0.15, 0.2) is 53.4 Å². The third kappa shape index (κ3) is 2.16. The minimum atomic E-state index is -0.301. The van der Waals surface area contributed by atoms with Crippen LogP contribution < -0.4 is 0 Å². The Morgan fingerprint density at radius 1 is 1.17 bits per heavy atom. The molecule has 18 heavy (non-hydrogen) atoms. The standard InChI is InChI=1S/C14H10BrFN2/c15-12-2-1-11-3-4-18(14(11)6-12)9-10-5-13(16)8-17-7-10/h1-8H,9H2. The van der Waals surface area contributed by atoms with E-state index in [0.717, 1.165) is 15.6 Å². The normalized spacial score (nSPS) is 11.0. The van der Waals surface area contributed by atoms with E-state index in [1.807, 2.05) is 12.3 Å². The summed E-state index contributed by atoms with van der Waals surface area (Å²) < 4.78 is 16.2. The molecule has 3 rings (SSSR count). The summed E-state index contributed by atoms with van der Waals surface area (Å²) in [6.07, 6.45) is 4.91. The highest BCUT2D eigenvalue weighted by atomic mass is 79.9. The highest BCUT2D eigenvalue weighted by Crippen LogP contribution is 2.21. The molecular formula is C14H10BrFN2. The monoisotopic (exact) mass is 304 g/mol. The van der Waals surface area contributed by atoms with Gasteiger partial charge in [-0.15, -0.1) is 0 Å². The van der Waals surface area contributed by atoms with E-state index in [-0.39, 0.29) is 5.82 Å². The van der Waals surface area contributed by atoms with Crippen LogP contribution in [0.5, 0.6) is 0 Å². The Morgan fingerprint density at radius 2 is 2.06 bits per heavy atom. The molecule has 90 valence electrons. The lowest BCUT2D eigenvalue weighted by molar-refractivity contribution is 0.617. The van der Waals surface area contributed by atoms with Crippen molar-refractivity contribution in [3.63, 3.8) is 0 Å². The number of aromatic nitrogens is 2. The van der Waals surface area contributed by atoms with E-state index < -0.39 is 0 Å². The average Bonchev–Trinajstić information content (AvgIpc) is 2.72. The van der Waals surface area contributed by atoms with Crippen LogP contribution >= 0.6 is 15.9 Å². The third-order valence-electron chi connectivity index (χ3n) is 2.85. The second-order valence-corrected chi connectivity index (χ2v) is 5.07. The first kappa shape index (κ1) is 11.4. The number of pyridine rings is 1. The Kier molecular flexibility index (Phi) is 2.88. The smallest absolute Gasteiger partial charge is 0.141 e. The Morgan fingerprint density at radius 3 is 2.89 bits per heavy atom. The van der Waals surface area contributed by atoms with Crippen LogP contribution in [-0.4, -0.2) is 9.55 Å². The number of hydrogen-bond donors (Lipinski definition) is 0. The van der Waals surface area contributed by atoms with Crippen molar-refractivity contribution in [2.75, 3.05) is 0 Å². The summed E-state index contributed by atoms with van der Waals surface area (Å²) in [6.45, 7) is 0.616. The Bertz CT molecular complexity index is 706. The lowest BCUT2D eigenvalue weighted by atomic mass is 10.2. The van der Waals surface area contributed by atoms with Crippen LogP contribution in [0.1, 0.15) is 5.56 Å². The highest BCUT2D eigenvalue weighted by Gasteiger charge is 2.03. The lowest BCUT2D eigenvalue weighted by Gasteiger charge is -2.05. The minimum Gasteiger partial charge on any atom is -0.343 e. The first-order valence-corrected chi connectivity index (χ1v) is 6.35. The molecule has 0 aliphatic carbocycles. The van der Waals surface area contributed by atoms with E-state index in [2.05, 4.69) is 43.7 Å². The number of rotatable bonds is 2. The second-order valence-electron chi connectivity index (χ2n) is 4.16. The topological polar surface area (TPSA) is 17.8 Å². The molecule has 3 aromatic rings. The van der Waals surface area contributed by atoms with Gasteiger partial charge in [0.2, 0.25) is 0 Å². The zero-order chi connectivity index (χ0) is 12.5. The number of nitrogens with zero attached hydrogens (tertiary/aromatic N) is 2. The molecule has 0 fully saturated rings. The Hall–Kier alpha value is -1.68. The predicted molar refractivity (Wildman–Crippen MR) is 72.9 cm³/mol. The molecule has 1 aromatic carbocycles. The molecule has 2 nitrogen and oxygen atoms in total. The molecular weight excluding hydrogens is 295 g/mol. The molecule has 0 N–H and O–H groups in total. The lowest BCUT2D eigenvalue weighted by Crippen LogP contribution is -1.98.